The van der Waals surface area contributed by atoms with E-state index in [4.69, 9.17) is 0 Å². The molecule has 1 saturated heterocycles. The third-order valence-electron chi connectivity index (χ3n) is 5.78. The number of hydrogen-bond donors (Lipinski definition) is 0. The molecule has 0 atom stereocenters. The Hall–Kier alpha value is -2.99. The van der Waals surface area contributed by atoms with Crippen molar-refractivity contribution in [2.75, 3.05) is 32.7 Å². The Kier molecular flexibility index (Phi) is 5.68. The summed E-state index contributed by atoms with van der Waals surface area (Å²) >= 11 is 0. The van der Waals surface area contributed by atoms with Gasteiger partial charge in [0.05, 0.1) is 11.4 Å². The first-order valence-electron chi connectivity index (χ1n) is 10.4. The Morgan fingerprint density at radius 3 is 2.47 bits per heavy atom. The lowest BCUT2D eigenvalue weighted by atomic mass is 10.1. The monoisotopic (exact) mass is 406 g/mol. The summed E-state index contributed by atoms with van der Waals surface area (Å²) in [5.41, 5.74) is 4.25. The van der Waals surface area contributed by atoms with Crippen molar-refractivity contribution in [1.82, 2.24) is 19.6 Å². The molecule has 0 unspecified atom stereocenters. The van der Waals surface area contributed by atoms with Gasteiger partial charge in [-0.1, -0.05) is 31.2 Å². The lowest BCUT2D eigenvalue weighted by Crippen LogP contribution is -2.48. The first kappa shape index (κ1) is 20.3. The summed E-state index contributed by atoms with van der Waals surface area (Å²) in [7, 11) is 0. The van der Waals surface area contributed by atoms with Crippen LogP contribution in [-0.4, -0.2) is 58.2 Å². The van der Waals surface area contributed by atoms with E-state index in [0.29, 0.717) is 30.0 Å². The maximum Gasteiger partial charge on any atom is 0.272 e. The molecule has 1 aliphatic heterocycles. The highest BCUT2D eigenvalue weighted by Crippen LogP contribution is 2.26. The molecule has 0 spiro atoms. The molecule has 156 valence electrons. The van der Waals surface area contributed by atoms with Crippen LogP contribution in [0.4, 0.5) is 4.39 Å². The van der Waals surface area contributed by atoms with E-state index in [1.165, 1.54) is 6.07 Å². The van der Waals surface area contributed by atoms with E-state index >= 15 is 0 Å². The van der Waals surface area contributed by atoms with Crippen LogP contribution < -0.4 is 0 Å². The average molecular weight is 407 g/mol. The van der Waals surface area contributed by atoms with Gasteiger partial charge in [0.2, 0.25) is 0 Å². The van der Waals surface area contributed by atoms with Crippen molar-refractivity contribution in [2.24, 2.45) is 0 Å². The van der Waals surface area contributed by atoms with Gasteiger partial charge in [-0.25, -0.2) is 9.07 Å². The third-order valence-corrected chi connectivity index (χ3v) is 5.78. The number of carbonyl (C=O) groups is 1. The van der Waals surface area contributed by atoms with Gasteiger partial charge in [-0.3, -0.25) is 4.79 Å². The maximum absolute atomic E-state index is 14.4. The molecule has 0 saturated carbocycles. The van der Waals surface area contributed by atoms with Gasteiger partial charge in [-0.05, 0) is 55.8 Å². The van der Waals surface area contributed by atoms with E-state index in [-0.39, 0.29) is 11.7 Å². The van der Waals surface area contributed by atoms with Crippen LogP contribution in [-0.2, 0) is 0 Å². The highest BCUT2D eigenvalue weighted by atomic mass is 19.1. The fraction of sp³-hybridized carbons (Fsp3) is 0.333. The Labute approximate surface area is 176 Å². The number of piperazine rings is 1. The van der Waals surface area contributed by atoms with E-state index in [2.05, 4.69) is 16.9 Å². The topological polar surface area (TPSA) is 41.4 Å². The Morgan fingerprint density at radius 1 is 1.03 bits per heavy atom. The van der Waals surface area contributed by atoms with Gasteiger partial charge in [0.1, 0.15) is 11.5 Å². The molecule has 6 heteroatoms. The minimum Gasteiger partial charge on any atom is -0.335 e. The molecule has 5 nitrogen and oxygen atoms in total. The van der Waals surface area contributed by atoms with Crippen LogP contribution in [0.3, 0.4) is 0 Å². The molecular weight excluding hydrogens is 379 g/mol. The maximum atomic E-state index is 14.4. The lowest BCUT2D eigenvalue weighted by molar-refractivity contribution is 0.0634. The van der Waals surface area contributed by atoms with Crippen LogP contribution in [0.1, 0.15) is 28.5 Å². The fourth-order valence-corrected chi connectivity index (χ4v) is 3.89. The molecule has 0 radical (unpaired) electrons. The van der Waals surface area contributed by atoms with Gasteiger partial charge in [0.25, 0.3) is 5.91 Å². The van der Waals surface area contributed by atoms with Crippen LogP contribution in [0, 0.1) is 19.7 Å². The molecule has 4 rings (SSSR count). The number of carbonyl (C=O) groups excluding carboxylic acids is 1. The first-order valence-corrected chi connectivity index (χ1v) is 10.4. The summed E-state index contributed by atoms with van der Waals surface area (Å²) in [5, 5.41) is 4.68. The molecular formula is C24H27FN4O. The van der Waals surface area contributed by atoms with Crippen LogP contribution in [0.2, 0.25) is 0 Å². The van der Waals surface area contributed by atoms with E-state index in [9.17, 15) is 9.18 Å². The van der Waals surface area contributed by atoms with Crippen molar-refractivity contribution in [3.63, 3.8) is 0 Å². The van der Waals surface area contributed by atoms with Gasteiger partial charge in [-0.2, -0.15) is 5.10 Å². The van der Waals surface area contributed by atoms with Crippen LogP contribution in [0.15, 0.2) is 48.5 Å². The number of rotatable bonds is 4. The standard InChI is InChI=1S/C24H27FN4O/c1-4-27-11-13-28(14-12-27)24(30)23-16-21(19-7-5-6-8-20(19)25)26-29(23)22-15-17(2)9-10-18(22)3/h5-10,15-16H,4,11-14H2,1-3H3. The molecule has 1 aliphatic rings. The normalized spacial score (nSPS) is 14.9. The van der Waals surface area contributed by atoms with Crippen molar-refractivity contribution in [3.8, 4) is 16.9 Å². The van der Waals surface area contributed by atoms with Gasteiger partial charge in [-0.15, -0.1) is 0 Å². The molecule has 0 N–H and O–H groups in total. The zero-order valence-corrected chi connectivity index (χ0v) is 17.7. The predicted molar refractivity (Wildman–Crippen MR) is 116 cm³/mol. The second-order valence-corrected chi connectivity index (χ2v) is 7.82. The number of amides is 1. The molecule has 2 heterocycles. The van der Waals surface area contributed by atoms with E-state index in [1.54, 1.807) is 28.9 Å². The lowest BCUT2D eigenvalue weighted by Gasteiger charge is -2.34. The molecule has 1 aromatic heterocycles. The summed E-state index contributed by atoms with van der Waals surface area (Å²) in [4.78, 5) is 17.7. The molecule has 1 fully saturated rings. The Morgan fingerprint density at radius 2 is 1.77 bits per heavy atom. The summed E-state index contributed by atoms with van der Waals surface area (Å²) in [6, 6.07) is 14.3. The minimum atomic E-state index is -0.348. The number of aryl methyl sites for hydroxylation is 2. The van der Waals surface area contributed by atoms with Crippen molar-refractivity contribution in [1.29, 1.82) is 0 Å². The molecule has 0 bridgehead atoms. The largest absolute Gasteiger partial charge is 0.335 e. The van der Waals surface area contributed by atoms with Gasteiger partial charge in [0, 0.05) is 31.7 Å². The Bertz CT molecular complexity index is 1070. The number of likely N-dealkylation sites (N-methyl/N-ethyl adjacent to an activating group) is 1. The number of hydrogen-bond acceptors (Lipinski definition) is 3. The van der Waals surface area contributed by atoms with Crippen molar-refractivity contribution < 1.29 is 9.18 Å². The number of aromatic nitrogens is 2. The van der Waals surface area contributed by atoms with E-state index in [1.807, 2.05) is 36.9 Å². The Balaban J connectivity index is 1.79. The smallest absolute Gasteiger partial charge is 0.272 e. The molecule has 0 aliphatic carbocycles. The summed E-state index contributed by atoms with van der Waals surface area (Å²) in [6.07, 6.45) is 0. The number of halogens is 1. The predicted octanol–water partition coefficient (Wildman–Crippen LogP) is 4.07. The summed E-state index contributed by atoms with van der Waals surface area (Å²) in [5.74, 6) is -0.416. The number of nitrogens with zero attached hydrogens (tertiary/aromatic N) is 4. The molecule has 1 amide bonds. The molecule has 3 aromatic rings. The average Bonchev–Trinajstić information content (AvgIpc) is 3.20. The van der Waals surface area contributed by atoms with Gasteiger partial charge in [0.15, 0.2) is 0 Å². The van der Waals surface area contributed by atoms with Gasteiger partial charge >= 0.3 is 0 Å². The van der Waals surface area contributed by atoms with Crippen LogP contribution >= 0.6 is 0 Å². The highest BCUT2D eigenvalue weighted by molar-refractivity contribution is 5.94. The van der Waals surface area contributed by atoms with Crippen molar-refractivity contribution in [2.45, 2.75) is 20.8 Å². The SMILES string of the molecule is CCN1CCN(C(=O)c2cc(-c3ccccc3F)nn2-c2cc(C)ccc2C)CC1. The quantitative estimate of drug-likeness (QED) is 0.656. The zero-order valence-electron chi connectivity index (χ0n) is 17.7. The second-order valence-electron chi connectivity index (χ2n) is 7.82. The van der Waals surface area contributed by atoms with E-state index in [0.717, 1.165) is 36.4 Å². The number of benzene rings is 2. The minimum absolute atomic E-state index is 0.0678. The van der Waals surface area contributed by atoms with Crippen LogP contribution in [0.5, 0.6) is 0 Å². The fourth-order valence-electron chi connectivity index (χ4n) is 3.89. The second kappa shape index (κ2) is 8.40. The van der Waals surface area contributed by atoms with Gasteiger partial charge < -0.3 is 9.80 Å². The summed E-state index contributed by atoms with van der Waals surface area (Å²) in [6.45, 7) is 10.2. The van der Waals surface area contributed by atoms with E-state index < -0.39 is 0 Å². The van der Waals surface area contributed by atoms with Crippen molar-refractivity contribution >= 4 is 5.91 Å². The van der Waals surface area contributed by atoms with Crippen molar-refractivity contribution in [3.05, 3.63) is 71.2 Å². The third kappa shape index (κ3) is 3.87. The molecule has 2 aromatic carbocycles. The first-order chi connectivity index (χ1) is 14.5. The molecule has 30 heavy (non-hydrogen) atoms. The summed E-state index contributed by atoms with van der Waals surface area (Å²) < 4.78 is 16.1. The zero-order chi connectivity index (χ0) is 21.3. The van der Waals surface area contributed by atoms with Crippen LogP contribution in [0.25, 0.3) is 16.9 Å². The highest BCUT2D eigenvalue weighted by Gasteiger charge is 2.26.